The average Bonchev–Trinajstić information content (AvgIpc) is 3.14. The smallest absolute Gasteiger partial charge is 0.0802 e. The highest BCUT2D eigenvalue weighted by Gasteiger charge is 2.45. The summed E-state index contributed by atoms with van der Waals surface area (Å²) in [5.74, 6) is 1.80. The van der Waals surface area contributed by atoms with Crippen LogP contribution < -0.4 is 5.32 Å². The molecule has 3 atom stereocenters. The van der Waals surface area contributed by atoms with E-state index in [4.69, 9.17) is 0 Å². The fourth-order valence-corrected chi connectivity index (χ4v) is 3.93. The molecule has 3 aliphatic rings. The number of hydrogen-bond acceptors (Lipinski definition) is 2. The topological polar surface area (TPSA) is 32.3 Å². The first-order valence-electron chi connectivity index (χ1n) is 7.24. The highest BCUT2D eigenvalue weighted by atomic mass is 16.3. The average molecular weight is 223 g/mol. The molecule has 0 bridgehead atoms. The zero-order valence-corrected chi connectivity index (χ0v) is 10.3. The van der Waals surface area contributed by atoms with Crippen LogP contribution in [0.5, 0.6) is 0 Å². The lowest BCUT2D eigenvalue weighted by atomic mass is 9.71. The second-order valence-electron chi connectivity index (χ2n) is 6.30. The molecule has 0 amide bonds. The Balaban J connectivity index is 1.65. The second-order valence-corrected chi connectivity index (χ2v) is 6.30. The van der Waals surface area contributed by atoms with Gasteiger partial charge in [-0.15, -0.1) is 0 Å². The van der Waals surface area contributed by atoms with Crippen molar-refractivity contribution in [3.63, 3.8) is 0 Å². The predicted octanol–water partition coefficient (Wildman–Crippen LogP) is 2.46. The molecule has 0 aromatic rings. The molecule has 1 aliphatic heterocycles. The molecular formula is C14H25NO. The Bertz CT molecular complexity index is 245. The summed E-state index contributed by atoms with van der Waals surface area (Å²) in [6, 6.07) is 0.391. The van der Waals surface area contributed by atoms with E-state index in [0.717, 1.165) is 31.2 Å². The Kier molecular flexibility index (Phi) is 2.97. The summed E-state index contributed by atoms with van der Waals surface area (Å²) in [5, 5.41) is 14.4. The maximum absolute atomic E-state index is 10.9. The Labute approximate surface area is 98.8 Å². The van der Waals surface area contributed by atoms with Gasteiger partial charge in [0.2, 0.25) is 0 Å². The Morgan fingerprint density at radius 2 is 1.81 bits per heavy atom. The summed E-state index contributed by atoms with van der Waals surface area (Å²) >= 11 is 0. The van der Waals surface area contributed by atoms with Gasteiger partial charge in [0.05, 0.1) is 5.60 Å². The van der Waals surface area contributed by atoms with Crippen LogP contribution in [-0.4, -0.2) is 23.3 Å². The van der Waals surface area contributed by atoms with Crippen LogP contribution in [0.15, 0.2) is 0 Å². The third-order valence-electron chi connectivity index (χ3n) is 5.05. The second kappa shape index (κ2) is 4.30. The first-order valence-corrected chi connectivity index (χ1v) is 7.24. The van der Waals surface area contributed by atoms with Crippen molar-refractivity contribution in [2.24, 2.45) is 11.8 Å². The zero-order valence-electron chi connectivity index (χ0n) is 10.3. The van der Waals surface area contributed by atoms with Gasteiger partial charge < -0.3 is 10.4 Å². The summed E-state index contributed by atoms with van der Waals surface area (Å²) in [6.07, 6.45) is 11.4. The summed E-state index contributed by atoms with van der Waals surface area (Å²) < 4.78 is 0. The van der Waals surface area contributed by atoms with Crippen LogP contribution in [0.2, 0.25) is 0 Å². The standard InChI is InChI=1S/C14H25NO/c16-14(13-5-1-2-9-15-13)8-3-4-12(10-14)11-6-7-11/h11-13,15-16H,1-10H2. The lowest BCUT2D eigenvalue weighted by Gasteiger charge is -2.44. The molecule has 0 aromatic carbocycles. The zero-order chi connectivity index (χ0) is 11.0. The van der Waals surface area contributed by atoms with E-state index in [0.29, 0.717) is 6.04 Å². The van der Waals surface area contributed by atoms with Gasteiger partial charge in [0.1, 0.15) is 0 Å². The molecule has 92 valence electrons. The SMILES string of the molecule is OC1(C2CCCCN2)CCCC(C2CC2)C1. The van der Waals surface area contributed by atoms with Crippen molar-refractivity contribution in [2.45, 2.75) is 69.4 Å². The molecule has 2 N–H and O–H groups in total. The van der Waals surface area contributed by atoms with Crippen LogP contribution in [0.3, 0.4) is 0 Å². The number of nitrogens with one attached hydrogen (secondary N) is 1. The van der Waals surface area contributed by atoms with E-state index in [2.05, 4.69) is 5.32 Å². The number of rotatable bonds is 2. The van der Waals surface area contributed by atoms with Crippen LogP contribution >= 0.6 is 0 Å². The maximum Gasteiger partial charge on any atom is 0.0802 e. The van der Waals surface area contributed by atoms with Gasteiger partial charge >= 0.3 is 0 Å². The van der Waals surface area contributed by atoms with Gasteiger partial charge in [0.15, 0.2) is 0 Å². The monoisotopic (exact) mass is 223 g/mol. The first-order chi connectivity index (χ1) is 7.78. The fraction of sp³-hybridized carbons (Fsp3) is 1.00. The minimum absolute atomic E-state index is 0.369. The molecule has 3 fully saturated rings. The van der Waals surface area contributed by atoms with E-state index < -0.39 is 0 Å². The lowest BCUT2D eigenvalue weighted by molar-refractivity contribution is -0.0567. The van der Waals surface area contributed by atoms with Gasteiger partial charge in [-0.1, -0.05) is 12.8 Å². The third kappa shape index (κ3) is 2.14. The molecule has 16 heavy (non-hydrogen) atoms. The van der Waals surface area contributed by atoms with Crippen molar-refractivity contribution in [1.82, 2.24) is 5.32 Å². The van der Waals surface area contributed by atoms with Crippen molar-refractivity contribution >= 4 is 0 Å². The van der Waals surface area contributed by atoms with Crippen molar-refractivity contribution in [3.05, 3.63) is 0 Å². The fourth-order valence-electron chi connectivity index (χ4n) is 3.93. The minimum Gasteiger partial charge on any atom is -0.388 e. The summed E-state index contributed by atoms with van der Waals surface area (Å²) in [7, 11) is 0. The van der Waals surface area contributed by atoms with Crippen molar-refractivity contribution in [3.8, 4) is 0 Å². The Morgan fingerprint density at radius 1 is 0.938 bits per heavy atom. The summed E-state index contributed by atoms with van der Waals surface area (Å²) in [6.45, 7) is 1.11. The van der Waals surface area contributed by atoms with Crippen LogP contribution in [0, 0.1) is 11.8 Å². The molecule has 0 spiro atoms. The van der Waals surface area contributed by atoms with Crippen LogP contribution in [0.25, 0.3) is 0 Å². The highest BCUT2D eigenvalue weighted by Crippen LogP contribution is 2.47. The predicted molar refractivity (Wildman–Crippen MR) is 65.3 cm³/mol. The number of piperidine rings is 1. The van der Waals surface area contributed by atoms with Gasteiger partial charge in [-0.2, -0.15) is 0 Å². The summed E-state index contributed by atoms with van der Waals surface area (Å²) in [5.41, 5.74) is -0.369. The molecule has 1 heterocycles. The third-order valence-corrected chi connectivity index (χ3v) is 5.05. The van der Waals surface area contributed by atoms with Crippen LogP contribution in [-0.2, 0) is 0 Å². The van der Waals surface area contributed by atoms with E-state index in [1.807, 2.05) is 0 Å². The molecule has 3 unspecified atom stereocenters. The molecule has 2 aliphatic carbocycles. The van der Waals surface area contributed by atoms with E-state index in [1.54, 1.807) is 0 Å². The summed E-state index contributed by atoms with van der Waals surface area (Å²) in [4.78, 5) is 0. The van der Waals surface area contributed by atoms with Gasteiger partial charge in [0.25, 0.3) is 0 Å². The number of hydrogen-bond donors (Lipinski definition) is 2. The number of aliphatic hydroxyl groups is 1. The molecule has 2 heteroatoms. The quantitative estimate of drug-likeness (QED) is 0.753. The van der Waals surface area contributed by atoms with Crippen LogP contribution in [0.4, 0.5) is 0 Å². The Hall–Kier alpha value is -0.0800. The normalized spacial score (nSPS) is 45.6. The molecule has 3 rings (SSSR count). The van der Waals surface area contributed by atoms with Gasteiger partial charge in [-0.3, -0.25) is 0 Å². The molecule has 2 nitrogen and oxygen atoms in total. The minimum atomic E-state index is -0.369. The molecule has 0 aromatic heterocycles. The highest BCUT2D eigenvalue weighted by molar-refractivity contribution is 4.99. The first kappa shape index (κ1) is 11.0. The van der Waals surface area contributed by atoms with Crippen molar-refractivity contribution in [1.29, 1.82) is 0 Å². The maximum atomic E-state index is 10.9. The van der Waals surface area contributed by atoms with Gasteiger partial charge in [-0.25, -0.2) is 0 Å². The largest absolute Gasteiger partial charge is 0.388 e. The van der Waals surface area contributed by atoms with E-state index in [-0.39, 0.29) is 5.60 Å². The van der Waals surface area contributed by atoms with Crippen molar-refractivity contribution in [2.75, 3.05) is 6.54 Å². The van der Waals surface area contributed by atoms with Crippen LogP contribution in [0.1, 0.15) is 57.8 Å². The lowest BCUT2D eigenvalue weighted by Crippen LogP contribution is -2.55. The molecular weight excluding hydrogens is 198 g/mol. The van der Waals surface area contributed by atoms with E-state index in [1.165, 1.54) is 44.9 Å². The molecule has 1 saturated heterocycles. The van der Waals surface area contributed by atoms with Gasteiger partial charge in [-0.05, 0) is 63.3 Å². The van der Waals surface area contributed by atoms with E-state index in [9.17, 15) is 5.11 Å². The van der Waals surface area contributed by atoms with Gasteiger partial charge in [0, 0.05) is 6.04 Å². The Morgan fingerprint density at radius 3 is 2.50 bits per heavy atom. The van der Waals surface area contributed by atoms with Crippen molar-refractivity contribution < 1.29 is 5.11 Å². The van der Waals surface area contributed by atoms with E-state index >= 15 is 0 Å². The molecule has 2 saturated carbocycles. The molecule has 0 radical (unpaired) electrons.